The van der Waals surface area contributed by atoms with E-state index >= 15 is 0 Å². The minimum atomic E-state index is 0. The molecule has 1 amide bonds. The molecule has 0 heterocycles. The van der Waals surface area contributed by atoms with Crippen molar-refractivity contribution in [2.24, 2.45) is 5.41 Å². The minimum absolute atomic E-state index is 0. The highest BCUT2D eigenvalue weighted by molar-refractivity contribution is 5.85. The van der Waals surface area contributed by atoms with Gasteiger partial charge in [-0.05, 0) is 33.2 Å². The number of hydrogen-bond acceptors (Lipinski definition) is 3. The van der Waals surface area contributed by atoms with Crippen LogP contribution in [0.25, 0.3) is 0 Å². The molecule has 4 nitrogen and oxygen atoms in total. The molecule has 19 heavy (non-hydrogen) atoms. The van der Waals surface area contributed by atoms with Crippen molar-refractivity contribution >= 4 is 18.3 Å². The van der Waals surface area contributed by atoms with Gasteiger partial charge >= 0.3 is 0 Å². The molecule has 1 spiro atoms. The van der Waals surface area contributed by atoms with Crippen molar-refractivity contribution in [3.05, 3.63) is 0 Å². The Bertz CT molecular complexity index is 293. The van der Waals surface area contributed by atoms with Crippen molar-refractivity contribution in [3.63, 3.8) is 0 Å². The minimum Gasteiger partial charge on any atom is -0.378 e. The molecule has 2 atom stereocenters. The smallest absolute Gasteiger partial charge is 0.234 e. The van der Waals surface area contributed by atoms with Gasteiger partial charge in [-0.3, -0.25) is 4.79 Å². The Morgan fingerprint density at radius 1 is 1.32 bits per heavy atom. The first-order chi connectivity index (χ1) is 8.73. The Morgan fingerprint density at radius 3 is 2.58 bits per heavy atom. The summed E-state index contributed by atoms with van der Waals surface area (Å²) < 4.78 is 5.88. The van der Waals surface area contributed by atoms with Crippen LogP contribution in [0, 0.1) is 5.41 Å². The second kappa shape index (κ2) is 7.46. The van der Waals surface area contributed by atoms with Crippen molar-refractivity contribution < 1.29 is 9.53 Å². The van der Waals surface area contributed by atoms with E-state index in [4.69, 9.17) is 4.74 Å². The highest BCUT2D eigenvalue weighted by Crippen LogP contribution is 2.53. The first kappa shape index (κ1) is 16.7. The molecule has 2 saturated carbocycles. The second-order valence-corrected chi connectivity index (χ2v) is 5.62. The summed E-state index contributed by atoms with van der Waals surface area (Å²) in [6, 6.07) is 0.329. The molecule has 5 heteroatoms. The molecule has 0 saturated heterocycles. The number of carbonyl (C=O) groups excluding carboxylic acids is 1. The second-order valence-electron chi connectivity index (χ2n) is 5.62. The normalized spacial score (nSPS) is 28.3. The Kier molecular flexibility index (Phi) is 6.57. The topological polar surface area (TPSA) is 50.4 Å². The monoisotopic (exact) mass is 290 g/mol. The van der Waals surface area contributed by atoms with Crippen LogP contribution >= 0.6 is 12.4 Å². The molecule has 2 unspecified atom stereocenters. The van der Waals surface area contributed by atoms with E-state index in [1.807, 2.05) is 0 Å². The maximum atomic E-state index is 11.7. The van der Waals surface area contributed by atoms with Gasteiger partial charge in [-0.15, -0.1) is 12.4 Å². The average molecular weight is 291 g/mol. The van der Waals surface area contributed by atoms with Crippen molar-refractivity contribution in [2.75, 3.05) is 20.2 Å². The number of rotatable bonds is 5. The molecule has 2 rings (SSSR count). The Balaban J connectivity index is 0.00000180. The van der Waals surface area contributed by atoms with Crippen LogP contribution in [0.3, 0.4) is 0 Å². The number of likely N-dealkylation sites (N-methyl/N-ethyl adjacent to an activating group) is 1. The lowest BCUT2D eigenvalue weighted by atomic mass is 9.55. The van der Waals surface area contributed by atoms with Gasteiger partial charge in [0.1, 0.15) is 0 Å². The SMILES string of the molecule is CCOC1CC(NC(=O)CNC)C12CCCCC2.Cl. The van der Waals surface area contributed by atoms with Crippen LogP contribution < -0.4 is 10.6 Å². The first-order valence-electron chi connectivity index (χ1n) is 7.28. The van der Waals surface area contributed by atoms with E-state index in [9.17, 15) is 4.79 Å². The predicted octanol–water partition coefficient (Wildman–Crippen LogP) is 1.87. The van der Waals surface area contributed by atoms with E-state index in [1.54, 1.807) is 7.05 Å². The van der Waals surface area contributed by atoms with E-state index in [0.717, 1.165) is 13.0 Å². The molecule has 2 aliphatic rings. The third-order valence-corrected chi connectivity index (χ3v) is 4.61. The Hall–Kier alpha value is -0.320. The Labute approximate surface area is 122 Å². The molecule has 0 aliphatic heterocycles. The van der Waals surface area contributed by atoms with Gasteiger partial charge in [0.15, 0.2) is 0 Å². The van der Waals surface area contributed by atoms with Crippen LogP contribution in [-0.2, 0) is 9.53 Å². The Morgan fingerprint density at radius 2 is 2.00 bits per heavy atom. The van der Waals surface area contributed by atoms with E-state index in [2.05, 4.69) is 17.6 Å². The van der Waals surface area contributed by atoms with Crippen molar-refractivity contribution in [2.45, 2.75) is 57.6 Å². The number of amides is 1. The van der Waals surface area contributed by atoms with Gasteiger partial charge in [-0.1, -0.05) is 19.3 Å². The molecule has 0 radical (unpaired) electrons. The summed E-state index contributed by atoms with van der Waals surface area (Å²) in [5.74, 6) is 0.113. The zero-order valence-corrected chi connectivity index (χ0v) is 12.9. The zero-order chi connectivity index (χ0) is 13.0. The van der Waals surface area contributed by atoms with Crippen LogP contribution in [0.1, 0.15) is 45.4 Å². The highest BCUT2D eigenvalue weighted by Gasteiger charge is 2.55. The molecule has 2 N–H and O–H groups in total. The van der Waals surface area contributed by atoms with Gasteiger partial charge in [-0.2, -0.15) is 0 Å². The first-order valence-corrected chi connectivity index (χ1v) is 7.28. The summed E-state index contributed by atoms with van der Waals surface area (Å²) >= 11 is 0. The number of ether oxygens (including phenoxy) is 1. The van der Waals surface area contributed by atoms with Crippen molar-refractivity contribution in [3.8, 4) is 0 Å². The van der Waals surface area contributed by atoms with Crippen LogP contribution in [0.4, 0.5) is 0 Å². The van der Waals surface area contributed by atoms with Crippen LogP contribution in [0.5, 0.6) is 0 Å². The highest BCUT2D eigenvalue weighted by atomic mass is 35.5. The fourth-order valence-corrected chi connectivity index (χ4v) is 3.67. The lowest BCUT2D eigenvalue weighted by Crippen LogP contribution is -2.65. The van der Waals surface area contributed by atoms with E-state index in [1.165, 1.54) is 32.1 Å². The van der Waals surface area contributed by atoms with Gasteiger partial charge in [0, 0.05) is 18.1 Å². The van der Waals surface area contributed by atoms with Crippen molar-refractivity contribution in [1.29, 1.82) is 0 Å². The lowest BCUT2D eigenvalue weighted by molar-refractivity contribution is -0.156. The maximum Gasteiger partial charge on any atom is 0.234 e. The summed E-state index contributed by atoms with van der Waals surface area (Å²) in [4.78, 5) is 11.7. The maximum absolute atomic E-state index is 11.7. The van der Waals surface area contributed by atoms with Crippen LogP contribution in [0.2, 0.25) is 0 Å². The molecule has 0 aromatic carbocycles. The molecular formula is C14H27ClN2O2. The largest absolute Gasteiger partial charge is 0.378 e. The number of halogens is 1. The molecule has 2 fully saturated rings. The predicted molar refractivity (Wildman–Crippen MR) is 78.7 cm³/mol. The van der Waals surface area contributed by atoms with E-state index in [-0.39, 0.29) is 23.7 Å². The van der Waals surface area contributed by atoms with Gasteiger partial charge < -0.3 is 15.4 Å². The van der Waals surface area contributed by atoms with Crippen LogP contribution in [-0.4, -0.2) is 38.3 Å². The van der Waals surface area contributed by atoms with Gasteiger partial charge in [0.25, 0.3) is 0 Å². The quantitative estimate of drug-likeness (QED) is 0.813. The van der Waals surface area contributed by atoms with Crippen LogP contribution in [0.15, 0.2) is 0 Å². The molecule has 0 aromatic rings. The van der Waals surface area contributed by atoms with E-state index < -0.39 is 0 Å². The molecule has 0 aromatic heterocycles. The summed E-state index contributed by atoms with van der Waals surface area (Å²) in [5, 5.41) is 6.09. The molecule has 112 valence electrons. The number of hydrogen-bond donors (Lipinski definition) is 2. The standard InChI is InChI=1S/C14H26N2O2.ClH/c1-3-18-12-9-11(16-13(17)10-15-2)14(12)7-5-4-6-8-14;/h11-12,15H,3-10H2,1-2H3,(H,16,17);1H. The summed E-state index contributed by atoms with van der Waals surface area (Å²) in [6.07, 6.45) is 7.66. The molecular weight excluding hydrogens is 264 g/mol. The van der Waals surface area contributed by atoms with Gasteiger partial charge in [0.05, 0.1) is 12.6 Å². The van der Waals surface area contributed by atoms with Gasteiger partial charge in [0.2, 0.25) is 5.91 Å². The van der Waals surface area contributed by atoms with Gasteiger partial charge in [-0.25, -0.2) is 0 Å². The van der Waals surface area contributed by atoms with E-state index in [0.29, 0.717) is 18.7 Å². The lowest BCUT2D eigenvalue weighted by Gasteiger charge is -2.57. The third-order valence-electron chi connectivity index (χ3n) is 4.61. The molecule has 0 bridgehead atoms. The third kappa shape index (κ3) is 3.41. The number of nitrogens with one attached hydrogen (secondary N) is 2. The number of carbonyl (C=O) groups is 1. The molecule has 2 aliphatic carbocycles. The van der Waals surface area contributed by atoms with Crippen molar-refractivity contribution in [1.82, 2.24) is 10.6 Å². The fraction of sp³-hybridized carbons (Fsp3) is 0.929. The average Bonchev–Trinajstić information content (AvgIpc) is 2.39. The fourth-order valence-electron chi connectivity index (χ4n) is 3.67. The zero-order valence-electron chi connectivity index (χ0n) is 12.0. The summed E-state index contributed by atoms with van der Waals surface area (Å²) in [7, 11) is 1.81. The summed E-state index contributed by atoms with van der Waals surface area (Å²) in [6.45, 7) is 3.25. The summed E-state index contributed by atoms with van der Waals surface area (Å²) in [5.41, 5.74) is 0.234.